The molecule has 0 aliphatic carbocycles. The summed E-state index contributed by atoms with van der Waals surface area (Å²) >= 11 is 0. The van der Waals surface area contributed by atoms with Gasteiger partial charge >= 0.3 is 0 Å². The van der Waals surface area contributed by atoms with Crippen molar-refractivity contribution in [3.63, 3.8) is 0 Å². The quantitative estimate of drug-likeness (QED) is 0.616. The van der Waals surface area contributed by atoms with Crippen LogP contribution in [0.2, 0.25) is 0 Å². The highest BCUT2D eigenvalue weighted by Gasteiger charge is 2.13. The minimum absolute atomic E-state index is 0.0462. The molecule has 2 rings (SSSR count). The topological polar surface area (TPSA) is 68.2 Å². The van der Waals surface area contributed by atoms with Crippen LogP contribution in [0.15, 0.2) is 60.7 Å². The van der Waals surface area contributed by atoms with Crippen LogP contribution in [-0.2, 0) is 27.4 Å². The zero-order valence-electron chi connectivity index (χ0n) is 14.3. The molecule has 5 heteroatoms. The molecule has 0 saturated heterocycles. The molecule has 2 aromatic carbocycles. The minimum Gasteiger partial charge on any atom is -0.394 e. The van der Waals surface area contributed by atoms with Crippen LogP contribution in [0.4, 0.5) is 0 Å². The van der Waals surface area contributed by atoms with E-state index < -0.39 is 6.10 Å². The van der Waals surface area contributed by atoms with E-state index >= 15 is 0 Å². The van der Waals surface area contributed by atoms with Crippen molar-refractivity contribution >= 4 is 0 Å². The summed E-state index contributed by atoms with van der Waals surface area (Å²) in [4.78, 5) is 0. The summed E-state index contributed by atoms with van der Waals surface area (Å²) in [5.74, 6) is 0. The first-order chi connectivity index (χ1) is 12.3. The van der Waals surface area contributed by atoms with Crippen molar-refractivity contribution in [2.45, 2.75) is 25.4 Å². The molecular formula is C20H26O5. The van der Waals surface area contributed by atoms with Gasteiger partial charge in [0, 0.05) is 0 Å². The smallest absolute Gasteiger partial charge is 0.104 e. The first-order valence-electron chi connectivity index (χ1n) is 8.41. The number of hydrogen-bond acceptors (Lipinski definition) is 5. The number of hydrogen-bond donors (Lipinski definition) is 2. The zero-order chi connectivity index (χ0) is 17.7. The lowest BCUT2D eigenvalue weighted by molar-refractivity contribution is -0.0923. The minimum atomic E-state index is -0.897. The Balaban J connectivity index is 1.75. The first-order valence-corrected chi connectivity index (χ1v) is 8.41. The first kappa shape index (κ1) is 19.6. The summed E-state index contributed by atoms with van der Waals surface area (Å²) in [6, 6.07) is 19.8. The van der Waals surface area contributed by atoms with E-state index in [0.717, 1.165) is 11.1 Å². The number of ether oxygens (including phenoxy) is 3. The predicted molar refractivity (Wildman–Crippen MR) is 95.0 cm³/mol. The Bertz CT molecular complexity index is 515. The Morgan fingerprint density at radius 3 is 1.64 bits per heavy atom. The molecule has 0 amide bonds. The maximum Gasteiger partial charge on any atom is 0.104 e. The Kier molecular flexibility index (Phi) is 9.18. The van der Waals surface area contributed by atoms with Crippen molar-refractivity contribution in [3.05, 3.63) is 71.8 Å². The van der Waals surface area contributed by atoms with E-state index in [4.69, 9.17) is 19.3 Å². The van der Waals surface area contributed by atoms with Crippen molar-refractivity contribution in [1.29, 1.82) is 0 Å². The van der Waals surface area contributed by atoms with Gasteiger partial charge in [0.2, 0.25) is 0 Å². The molecule has 0 saturated carbocycles. The van der Waals surface area contributed by atoms with Crippen molar-refractivity contribution in [1.82, 2.24) is 0 Å². The van der Waals surface area contributed by atoms with E-state index in [1.807, 2.05) is 60.7 Å². The summed E-state index contributed by atoms with van der Waals surface area (Å²) in [5, 5.41) is 18.4. The van der Waals surface area contributed by atoms with Gasteiger partial charge in [-0.05, 0) is 11.1 Å². The highest BCUT2D eigenvalue weighted by atomic mass is 16.6. The Morgan fingerprint density at radius 1 is 0.720 bits per heavy atom. The van der Waals surface area contributed by atoms with E-state index in [0.29, 0.717) is 26.4 Å². The third kappa shape index (κ3) is 8.25. The van der Waals surface area contributed by atoms with Gasteiger partial charge in [0.25, 0.3) is 0 Å². The van der Waals surface area contributed by atoms with Crippen molar-refractivity contribution in [2.75, 3.05) is 26.4 Å². The molecule has 0 aliphatic heterocycles. The molecular weight excluding hydrogens is 320 g/mol. The van der Waals surface area contributed by atoms with Gasteiger partial charge in [-0.3, -0.25) is 0 Å². The maximum absolute atomic E-state index is 9.46. The SMILES string of the molecule is OCC(O)COC(COCc1ccccc1)COCc1ccccc1. The molecule has 25 heavy (non-hydrogen) atoms. The van der Waals surface area contributed by atoms with Crippen molar-refractivity contribution in [3.8, 4) is 0 Å². The van der Waals surface area contributed by atoms with Crippen LogP contribution in [0.3, 0.4) is 0 Å². The second-order valence-corrected chi connectivity index (χ2v) is 5.79. The van der Waals surface area contributed by atoms with Crippen molar-refractivity contribution in [2.24, 2.45) is 0 Å². The molecule has 136 valence electrons. The number of rotatable bonds is 12. The second-order valence-electron chi connectivity index (χ2n) is 5.79. The molecule has 0 heterocycles. The summed E-state index contributed by atoms with van der Waals surface area (Å²) in [5.41, 5.74) is 2.17. The van der Waals surface area contributed by atoms with Crippen molar-refractivity contribution < 1.29 is 24.4 Å². The lowest BCUT2D eigenvalue weighted by atomic mass is 10.2. The van der Waals surface area contributed by atoms with Gasteiger partial charge in [0.1, 0.15) is 12.2 Å². The molecule has 0 fully saturated rings. The summed E-state index contributed by atoms with van der Waals surface area (Å²) in [6.45, 7) is 1.39. The van der Waals surface area contributed by atoms with Gasteiger partial charge in [-0.15, -0.1) is 0 Å². The molecule has 0 aromatic heterocycles. The zero-order valence-corrected chi connectivity index (χ0v) is 14.3. The van der Waals surface area contributed by atoms with Crippen LogP contribution in [0.5, 0.6) is 0 Å². The number of aliphatic hydroxyl groups excluding tert-OH is 2. The molecule has 0 aliphatic rings. The standard InChI is InChI=1S/C20H26O5/c21-11-19(22)14-25-20(15-23-12-17-7-3-1-4-8-17)16-24-13-18-9-5-2-6-10-18/h1-10,19-22H,11-16H2. The molecule has 2 N–H and O–H groups in total. The van der Waals surface area contributed by atoms with Crippen LogP contribution in [0.25, 0.3) is 0 Å². The van der Waals surface area contributed by atoms with Crippen LogP contribution < -0.4 is 0 Å². The predicted octanol–water partition coefficient (Wildman–Crippen LogP) is 2.16. The van der Waals surface area contributed by atoms with E-state index in [9.17, 15) is 5.11 Å². The Labute approximate surface area is 148 Å². The fourth-order valence-electron chi connectivity index (χ4n) is 2.21. The number of aliphatic hydroxyl groups is 2. The van der Waals surface area contributed by atoms with Gasteiger partial charge in [0.05, 0.1) is 39.6 Å². The average Bonchev–Trinajstić information content (AvgIpc) is 2.67. The Morgan fingerprint density at radius 2 is 1.20 bits per heavy atom. The largest absolute Gasteiger partial charge is 0.394 e. The van der Waals surface area contributed by atoms with E-state index in [2.05, 4.69) is 0 Å². The van der Waals surface area contributed by atoms with Crippen LogP contribution in [-0.4, -0.2) is 48.8 Å². The fraction of sp³-hybridized carbons (Fsp3) is 0.400. The summed E-state index contributed by atoms with van der Waals surface area (Å²) in [7, 11) is 0. The van der Waals surface area contributed by atoms with E-state index in [1.165, 1.54) is 0 Å². The van der Waals surface area contributed by atoms with Gasteiger partial charge in [-0.1, -0.05) is 60.7 Å². The highest BCUT2D eigenvalue weighted by molar-refractivity contribution is 5.14. The van der Waals surface area contributed by atoms with Gasteiger partial charge in [-0.25, -0.2) is 0 Å². The normalized spacial score (nSPS) is 12.4. The van der Waals surface area contributed by atoms with Crippen LogP contribution in [0, 0.1) is 0 Å². The lowest BCUT2D eigenvalue weighted by Gasteiger charge is -2.20. The molecule has 0 radical (unpaired) electrons. The Hall–Kier alpha value is -1.76. The monoisotopic (exact) mass is 346 g/mol. The maximum atomic E-state index is 9.46. The van der Waals surface area contributed by atoms with Gasteiger partial charge in [0.15, 0.2) is 0 Å². The second kappa shape index (κ2) is 11.7. The third-order valence-corrected chi connectivity index (χ3v) is 3.57. The molecule has 2 aromatic rings. The van der Waals surface area contributed by atoms with Crippen LogP contribution in [0.1, 0.15) is 11.1 Å². The number of benzene rings is 2. The lowest BCUT2D eigenvalue weighted by Crippen LogP contribution is -2.30. The summed E-state index contributed by atoms with van der Waals surface area (Å²) in [6.07, 6.45) is -1.21. The third-order valence-electron chi connectivity index (χ3n) is 3.57. The van der Waals surface area contributed by atoms with Crippen LogP contribution >= 0.6 is 0 Å². The molecule has 5 nitrogen and oxygen atoms in total. The molecule has 0 bridgehead atoms. The average molecular weight is 346 g/mol. The highest BCUT2D eigenvalue weighted by Crippen LogP contribution is 2.06. The van der Waals surface area contributed by atoms with Gasteiger partial charge < -0.3 is 24.4 Å². The van der Waals surface area contributed by atoms with Gasteiger partial charge in [-0.2, -0.15) is 0 Å². The summed E-state index contributed by atoms with van der Waals surface area (Å²) < 4.78 is 17.0. The van der Waals surface area contributed by atoms with E-state index in [-0.39, 0.29) is 19.3 Å². The molecule has 1 unspecified atom stereocenters. The van der Waals surface area contributed by atoms with E-state index in [1.54, 1.807) is 0 Å². The fourth-order valence-corrected chi connectivity index (χ4v) is 2.21. The molecule has 0 spiro atoms. The molecule has 1 atom stereocenters.